The standard InChI is InChI=1S/C18H25NO4/c1-11(2)14(18(22)23-5)19-15(16(20)12(3)4)17(21)13-9-7-6-8-10-13/h6-12,14-15,19H,1-5H3/t14-,15-/m1/s1. The number of esters is 1. The number of Topliss-reactive ketones (excluding diaryl/α,β-unsaturated/α-hetero) is 2. The Kier molecular flexibility index (Phi) is 7.10. The molecule has 0 aromatic heterocycles. The van der Waals surface area contributed by atoms with Gasteiger partial charge in [0, 0.05) is 11.5 Å². The van der Waals surface area contributed by atoms with Gasteiger partial charge < -0.3 is 4.74 Å². The molecule has 0 unspecified atom stereocenters. The Morgan fingerprint density at radius 3 is 2.00 bits per heavy atom. The molecule has 0 fully saturated rings. The van der Waals surface area contributed by atoms with Crippen molar-refractivity contribution in [3.63, 3.8) is 0 Å². The lowest BCUT2D eigenvalue weighted by Gasteiger charge is -2.26. The molecule has 23 heavy (non-hydrogen) atoms. The second-order valence-corrected chi connectivity index (χ2v) is 6.13. The largest absolute Gasteiger partial charge is 0.468 e. The molecule has 0 saturated heterocycles. The number of rotatable bonds is 8. The van der Waals surface area contributed by atoms with Crippen molar-refractivity contribution in [1.82, 2.24) is 5.32 Å². The number of ether oxygens (including phenoxy) is 1. The molecule has 0 bridgehead atoms. The summed E-state index contributed by atoms with van der Waals surface area (Å²) in [5.41, 5.74) is 0.436. The van der Waals surface area contributed by atoms with Crippen LogP contribution in [0.4, 0.5) is 0 Å². The summed E-state index contributed by atoms with van der Waals surface area (Å²) >= 11 is 0. The molecule has 126 valence electrons. The van der Waals surface area contributed by atoms with Crippen molar-refractivity contribution in [2.45, 2.75) is 39.8 Å². The lowest BCUT2D eigenvalue weighted by molar-refractivity contribution is -0.144. The van der Waals surface area contributed by atoms with Crippen molar-refractivity contribution < 1.29 is 19.1 Å². The van der Waals surface area contributed by atoms with E-state index in [1.165, 1.54) is 7.11 Å². The van der Waals surface area contributed by atoms with Crippen LogP contribution in [0.25, 0.3) is 0 Å². The fourth-order valence-electron chi connectivity index (χ4n) is 2.23. The Labute approximate surface area is 137 Å². The van der Waals surface area contributed by atoms with E-state index in [1.54, 1.807) is 44.2 Å². The van der Waals surface area contributed by atoms with E-state index in [9.17, 15) is 14.4 Å². The fraction of sp³-hybridized carbons (Fsp3) is 0.500. The molecular weight excluding hydrogens is 294 g/mol. The van der Waals surface area contributed by atoms with Crippen molar-refractivity contribution in [3.05, 3.63) is 35.9 Å². The van der Waals surface area contributed by atoms with Gasteiger partial charge in [0.15, 0.2) is 11.6 Å². The second kappa shape index (κ2) is 8.58. The van der Waals surface area contributed by atoms with Crippen LogP contribution in [0.5, 0.6) is 0 Å². The molecule has 5 heteroatoms. The molecule has 2 atom stereocenters. The number of benzene rings is 1. The monoisotopic (exact) mass is 319 g/mol. The second-order valence-electron chi connectivity index (χ2n) is 6.13. The Hall–Kier alpha value is -2.01. The van der Waals surface area contributed by atoms with Gasteiger partial charge in [0.05, 0.1) is 7.11 Å². The topological polar surface area (TPSA) is 72.5 Å². The van der Waals surface area contributed by atoms with Crippen molar-refractivity contribution in [1.29, 1.82) is 0 Å². The molecule has 1 aromatic carbocycles. The fourth-order valence-corrected chi connectivity index (χ4v) is 2.23. The van der Waals surface area contributed by atoms with E-state index in [0.717, 1.165) is 0 Å². The first kappa shape index (κ1) is 19.0. The predicted octanol–water partition coefficient (Wildman–Crippen LogP) is 2.25. The molecule has 0 radical (unpaired) electrons. The minimum absolute atomic E-state index is 0.117. The summed E-state index contributed by atoms with van der Waals surface area (Å²) in [5.74, 6) is -1.51. The zero-order valence-corrected chi connectivity index (χ0v) is 14.3. The molecule has 0 aliphatic heterocycles. The van der Waals surface area contributed by atoms with Gasteiger partial charge >= 0.3 is 5.97 Å². The summed E-state index contributed by atoms with van der Waals surface area (Å²) in [7, 11) is 1.29. The number of ketones is 2. The molecular formula is C18H25NO4. The third kappa shape index (κ3) is 4.99. The van der Waals surface area contributed by atoms with Gasteiger partial charge in [-0.25, -0.2) is 0 Å². The third-order valence-corrected chi connectivity index (χ3v) is 3.64. The maximum Gasteiger partial charge on any atom is 0.323 e. The average Bonchev–Trinajstić information content (AvgIpc) is 2.54. The number of hydrogen-bond donors (Lipinski definition) is 1. The van der Waals surface area contributed by atoms with Gasteiger partial charge in [-0.2, -0.15) is 0 Å². The molecule has 0 amide bonds. The number of nitrogens with one attached hydrogen (secondary N) is 1. The van der Waals surface area contributed by atoms with Gasteiger partial charge in [-0.05, 0) is 5.92 Å². The molecule has 1 N–H and O–H groups in total. The number of hydrogen-bond acceptors (Lipinski definition) is 5. The van der Waals surface area contributed by atoms with Crippen molar-refractivity contribution in [2.24, 2.45) is 11.8 Å². The smallest absolute Gasteiger partial charge is 0.323 e. The van der Waals surface area contributed by atoms with Crippen LogP contribution < -0.4 is 5.32 Å². The van der Waals surface area contributed by atoms with E-state index in [4.69, 9.17) is 4.74 Å². The van der Waals surface area contributed by atoms with Crippen LogP contribution in [-0.2, 0) is 14.3 Å². The highest BCUT2D eigenvalue weighted by atomic mass is 16.5. The highest BCUT2D eigenvalue weighted by Crippen LogP contribution is 2.12. The van der Waals surface area contributed by atoms with Gasteiger partial charge in [-0.3, -0.25) is 19.7 Å². The average molecular weight is 319 g/mol. The Bertz CT molecular complexity index is 551. The van der Waals surface area contributed by atoms with Crippen molar-refractivity contribution in [3.8, 4) is 0 Å². The lowest BCUT2D eigenvalue weighted by Crippen LogP contribution is -2.54. The van der Waals surface area contributed by atoms with E-state index in [-0.39, 0.29) is 23.4 Å². The van der Waals surface area contributed by atoms with Crippen LogP contribution in [-0.4, -0.2) is 36.7 Å². The summed E-state index contributed by atoms with van der Waals surface area (Å²) < 4.78 is 4.78. The first-order valence-corrected chi connectivity index (χ1v) is 7.76. The zero-order chi connectivity index (χ0) is 17.6. The van der Waals surface area contributed by atoms with Crippen LogP contribution in [0.3, 0.4) is 0 Å². The highest BCUT2D eigenvalue weighted by Gasteiger charge is 2.34. The summed E-state index contributed by atoms with van der Waals surface area (Å²) in [6, 6.07) is 6.81. The number of carbonyl (C=O) groups excluding carboxylic acids is 3. The first-order chi connectivity index (χ1) is 10.8. The minimum atomic E-state index is -1.07. The number of carbonyl (C=O) groups is 3. The molecule has 0 aliphatic rings. The first-order valence-electron chi connectivity index (χ1n) is 7.76. The minimum Gasteiger partial charge on any atom is -0.468 e. The van der Waals surface area contributed by atoms with Crippen molar-refractivity contribution in [2.75, 3.05) is 7.11 Å². The Morgan fingerprint density at radius 1 is 1.00 bits per heavy atom. The molecule has 0 heterocycles. The summed E-state index contributed by atoms with van der Waals surface area (Å²) in [4.78, 5) is 37.1. The van der Waals surface area contributed by atoms with E-state index >= 15 is 0 Å². The van der Waals surface area contributed by atoms with Gasteiger partial charge in [-0.15, -0.1) is 0 Å². The zero-order valence-electron chi connectivity index (χ0n) is 14.3. The Morgan fingerprint density at radius 2 is 1.57 bits per heavy atom. The predicted molar refractivity (Wildman–Crippen MR) is 88.2 cm³/mol. The normalized spacial score (nSPS) is 13.7. The molecule has 0 spiro atoms. The van der Waals surface area contributed by atoms with E-state index in [2.05, 4.69) is 5.32 Å². The molecule has 1 rings (SSSR count). The SMILES string of the molecule is COC(=O)[C@H](N[C@@H](C(=O)c1ccccc1)C(=O)C(C)C)C(C)C. The van der Waals surface area contributed by atoms with E-state index in [1.807, 2.05) is 13.8 Å². The maximum atomic E-state index is 12.7. The highest BCUT2D eigenvalue weighted by molar-refractivity contribution is 6.14. The van der Waals surface area contributed by atoms with Gasteiger partial charge in [-0.1, -0.05) is 58.0 Å². The Balaban J connectivity index is 3.13. The molecule has 0 saturated carbocycles. The summed E-state index contributed by atoms with van der Waals surface area (Å²) in [5, 5.41) is 2.91. The third-order valence-electron chi connectivity index (χ3n) is 3.64. The van der Waals surface area contributed by atoms with Crippen LogP contribution in [0.15, 0.2) is 30.3 Å². The van der Waals surface area contributed by atoms with Crippen LogP contribution >= 0.6 is 0 Å². The van der Waals surface area contributed by atoms with Crippen LogP contribution in [0.1, 0.15) is 38.1 Å². The molecule has 0 aliphatic carbocycles. The summed E-state index contributed by atoms with van der Waals surface area (Å²) in [6.07, 6.45) is 0. The molecule has 1 aromatic rings. The summed E-state index contributed by atoms with van der Waals surface area (Å²) in [6.45, 7) is 7.13. The molecule has 5 nitrogen and oxygen atoms in total. The van der Waals surface area contributed by atoms with Crippen LogP contribution in [0.2, 0.25) is 0 Å². The van der Waals surface area contributed by atoms with Crippen LogP contribution in [0, 0.1) is 11.8 Å². The van der Waals surface area contributed by atoms with E-state index < -0.39 is 18.1 Å². The lowest BCUT2D eigenvalue weighted by atomic mass is 9.92. The maximum absolute atomic E-state index is 12.7. The quantitative estimate of drug-likeness (QED) is 0.452. The van der Waals surface area contributed by atoms with Crippen molar-refractivity contribution >= 4 is 17.5 Å². The van der Waals surface area contributed by atoms with E-state index in [0.29, 0.717) is 5.56 Å². The van der Waals surface area contributed by atoms with Gasteiger partial charge in [0.2, 0.25) is 0 Å². The van der Waals surface area contributed by atoms with Gasteiger partial charge in [0.25, 0.3) is 0 Å². The van der Waals surface area contributed by atoms with Gasteiger partial charge in [0.1, 0.15) is 12.1 Å². The number of methoxy groups -OCH3 is 1.